The molecule has 0 fully saturated rings. The van der Waals surface area contributed by atoms with Gasteiger partial charge in [0.15, 0.2) is 4.80 Å². The van der Waals surface area contributed by atoms with Crippen molar-refractivity contribution in [1.82, 2.24) is 4.57 Å². The minimum absolute atomic E-state index is 0.0865. The van der Waals surface area contributed by atoms with Crippen LogP contribution in [0.1, 0.15) is 22.8 Å². The third-order valence-electron chi connectivity index (χ3n) is 4.10. The normalized spacial score (nSPS) is 11.9. The van der Waals surface area contributed by atoms with Crippen molar-refractivity contribution in [3.05, 3.63) is 68.5 Å². The summed E-state index contributed by atoms with van der Waals surface area (Å²) in [7, 11) is 0. The van der Waals surface area contributed by atoms with Gasteiger partial charge in [0.05, 0.1) is 21.7 Å². The van der Waals surface area contributed by atoms with Gasteiger partial charge >= 0.3 is 0 Å². The van der Waals surface area contributed by atoms with Gasteiger partial charge in [0.2, 0.25) is 0 Å². The Kier molecular flexibility index (Phi) is 5.78. The first kappa shape index (κ1) is 18.9. The highest BCUT2D eigenvalue weighted by molar-refractivity contribution is 7.16. The third kappa shape index (κ3) is 4.12. The van der Waals surface area contributed by atoms with Crippen molar-refractivity contribution >= 4 is 33.1 Å². The number of nitro benzene ring substituents is 1. The number of rotatable bonds is 6. The Labute approximate surface area is 159 Å². The van der Waals surface area contributed by atoms with Crippen LogP contribution in [0.2, 0.25) is 0 Å². The highest BCUT2D eigenvalue weighted by atomic mass is 32.1. The summed E-state index contributed by atoms with van der Waals surface area (Å²) in [6, 6.07) is 12.2. The first-order chi connectivity index (χ1) is 13.0. The number of nitrogens with zero attached hydrogens (tertiary/aromatic N) is 3. The average Bonchev–Trinajstić information content (AvgIpc) is 2.99. The van der Waals surface area contributed by atoms with Gasteiger partial charge in [-0.2, -0.15) is 4.99 Å². The Bertz CT molecular complexity index is 1070. The molecule has 0 unspecified atom stereocenters. The standard InChI is InChI=1S/C19H19N3O4S/c1-3-26-11-10-21-15-6-4-5-7-17(15)27-19(21)20-18(23)14-9-8-13(2)16(12-14)22(24)25/h4-9,12H,3,10-11H2,1-2H3. The molecule has 3 rings (SSSR count). The molecule has 7 nitrogen and oxygen atoms in total. The molecule has 8 heteroatoms. The number of nitro groups is 1. The van der Waals surface area contributed by atoms with Crippen molar-refractivity contribution in [2.45, 2.75) is 20.4 Å². The zero-order valence-corrected chi connectivity index (χ0v) is 15.9. The molecule has 1 heterocycles. The van der Waals surface area contributed by atoms with Crippen LogP contribution in [-0.4, -0.2) is 28.6 Å². The second-order valence-corrected chi connectivity index (χ2v) is 6.89. The molecule has 1 amide bonds. The maximum atomic E-state index is 12.6. The lowest BCUT2D eigenvalue weighted by Gasteiger charge is -2.05. The number of benzene rings is 2. The van der Waals surface area contributed by atoms with E-state index in [2.05, 4.69) is 4.99 Å². The van der Waals surface area contributed by atoms with Gasteiger partial charge in [-0.25, -0.2) is 0 Å². The Balaban J connectivity index is 2.04. The van der Waals surface area contributed by atoms with Gasteiger partial charge in [0.1, 0.15) is 0 Å². The lowest BCUT2D eigenvalue weighted by atomic mass is 10.1. The number of ether oxygens (including phenoxy) is 1. The van der Waals surface area contributed by atoms with Gasteiger partial charge in [-0.1, -0.05) is 29.5 Å². The second-order valence-electron chi connectivity index (χ2n) is 5.88. The van der Waals surface area contributed by atoms with Crippen LogP contribution in [0.4, 0.5) is 5.69 Å². The van der Waals surface area contributed by atoms with Crippen molar-refractivity contribution in [1.29, 1.82) is 0 Å². The summed E-state index contributed by atoms with van der Waals surface area (Å²) in [5.41, 5.74) is 1.59. The topological polar surface area (TPSA) is 86.7 Å². The number of hydrogen-bond acceptors (Lipinski definition) is 5. The summed E-state index contributed by atoms with van der Waals surface area (Å²) in [4.78, 5) is 28.0. The number of fused-ring (bicyclic) bond motifs is 1. The Morgan fingerprint density at radius 3 is 2.81 bits per heavy atom. The Morgan fingerprint density at radius 2 is 2.07 bits per heavy atom. The quantitative estimate of drug-likeness (QED) is 0.368. The van der Waals surface area contributed by atoms with E-state index in [9.17, 15) is 14.9 Å². The molecule has 0 aliphatic rings. The van der Waals surface area contributed by atoms with Crippen molar-refractivity contribution in [2.75, 3.05) is 13.2 Å². The summed E-state index contributed by atoms with van der Waals surface area (Å²) in [5.74, 6) is -0.505. The maximum absolute atomic E-state index is 12.6. The molecule has 0 atom stereocenters. The molecule has 0 spiro atoms. The van der Waals surface area contributed by atoms with Crippen molar-refractivity contribution in [3.8, 4) is 0 Å². The zero-order valence-electron chi connectivity index (χ0n) is 15.0. The molecule has 0 bridgehead atoms. The lowest BCUT2D eigenvalue weighted by molar-refractivity contribution is -0.385. The van der Waals surface area contributed by atoms with Crippen molar-refractivity contribution < 1.29 is 14.5 Å². The molecular weight excluding hydrogens is 366 g/mol. The first-order valence-corrected chi connectivity index (χ1v) is 9.33. The molecule has 0 saturated heterocycles. The van der Waals surface area contributed by atoms with Crippen molar-refractivity contribution in [2.24, 2.45) is 4.99 Å². The van der Waals surface area contributed by atoms with Crippen LogP contribution < -0.4 is 4.80 Å². The number of thiazole rings is 1. The van der Waals surface area contributed by atoms with Gasteiger partial charge in [-0.3, -0.25) is 14.9 Å². The summed E-state index contributed by atoms with van der Waals surface area (Å²) >= 11 is 1.40. The predicted molar refractivity (Wildman–Crippen MR) is 104 cm³/mol. The fourth-order valence-electron chi connectivity index (χ4n) is 2.71. The molecule has 3 aromatic rings. The van der Waals surface area contributed by atoms with E-state index in [-0.39, 0.29) is 11.3 Å². The van der Waals surface area contributed by atoms with Gasteiger partial charge in [-0.15, -0.1) is 0 Å². The second kappa shape index (κ2) is 8.24. The van der Waals surface area contributed by atoms with E-state index in [0.717, 1.165) is 10.2 Å². The smallest absolute Gasteiger partial charge is 0.279 e. The fraction of sp³-hybridized carbons (Fsp3) is 0.263. The van der Waals surface area contributed by atoms with Crippen LogP contribution >= 0.6 is 11.3 Å². The van der Waals surface area contributed by atoms with Crippen LogP contribution in [0.15, 0.2) is 47.5 Å². The largest absolute Gasteiger partial charge is 0.380 e. The van der Waals surface area contributed by atoms with E-state index in [1.807, 2.05) is 35.8 Å². The van der Waals surface area contributed by atoms with E-state index in [1.165, 1.54) is 17.4 Å². The van der Waals surface area contributed by atoms with E-state index in [1.54, 1.807) is 19.1 Å². The molecule has 0 aliphatic carbocycles. The lowest BCUT2D eigenvalue weighted by Crippen LogP contribution is -2.19. The fourth-order valence-corrected chi connectivity index (χ4v) is 3.77. The maximum Gasteiger partial charge on any atom is 0.279 e. The number of carbonyl (C=O) groups excluding carboxylic acids is 1. The summed E-state index contributed by atoms with van der Waals surface area (Å²) < 4.78 is 8.39. The number of amides is 1. The number of para-hydroxylation sites is 1. The van der Waals surface area contributed by atoms with Crippen LogP contribution in [0.25, 0.3) is 10.2 Å². The van der Waals surface area contributed by atoms with E-state index in [4.69, 9.17) is 4.74 Å². The SMILES string of the molecule is CCOCCn1c(=NC(=O)c2ccc(C)c([N+](=O)[O-])c2)sc2ccccc21. The van der Waals surface area contributed by atoms with Gasteiger partial charge < -0.3 is 9.30 Å². The molecule has 2 aromatic carbocycles. The monoisotopic (exact) mass is 385 g/mol. The third-order valence-corrected chi connectivity index (χ3v) is 5.16. The van der Waals surface area contributed by atoms with Crippen LogP contribution in [-0.2, 0) is 11.3 Å². The molecule has 0 aliphatic heterocycles. The van der Waals surface area contributed by atoms with Gasteiger partial charge in [-0.05, 0) is 32.0 Å². The number of carbonyl (C=O) groups is 1. The highest BCUT2D eigenvalue weighted by Gasteiger charge is 2.15. The minimum Gasteiger partial charge on any atom is -0.380 e. The van der Waals surface area contributed by atoms with Crippen LogP contribution in [0.3, 0.4) is 0 Å². The summed E-state index contributed by atoms with van der Waals surface area (Å²) in [5, 5.41) is 11.1. The van der Waals surface area contributed by atoms with E-state index < -0.39 is 10.8 Å². The summed E-state index contributed by atoms with van der Waals surface area (Å²) in [6.45, 7) is 5.25. The molecule has 1 aromatic heterocycles. The zero-order chi connectivity index (χ0) is 19.4. The molecule has 0 saturated carbocycles. The summed E-state index contributed by atoms with van der Waals surface area (Å²) in [6.07, 6.45) is 0. The number of aryl methyl sites for hydroxylation is 1. The average molecular weight is 385 g/mol. The highest BCUT2D eigenvalue weighted by Crippen LogP contribution is 2.20. The molecule has 27 heavy (non-hydrogen) atoms. The molecule has 0 N–H and O–H groups in total. The minimum atomic E-state index is -0.505. The number of aromatic nitrogens is 1. The van der Waals surface area contributed by atoms with Crippen molar-refractivity contribution in [3.63, 3.8) is 0 Å². The van der Waals surface area contributed by atoms with E-state index >= 15 is 0 Å². The van der Waals surface area contributed by atoms with Crippen LogP contribution in [0, 0.1) is 17.0 Å². The Hall–Kier alpha value is -2.84. The predicted octanol–water partition coefficient (Wildman–Crippen LogP) is 3.70. The van der Waals surface area contributed by atoms with E-state index in [0.29, 0.717) is 30.1 Å². The number of hydrogen-bond donors (Lipinski definition) is 0. The molecule has 0 radical (unpaired) electrons. The van der Waals surface area contributed by atoms with Crippen LogP contribution in [0.5, 0.6) is 0 Å². The first-order valence-electron chi connectivity index (χ1n) is 8.51. The molecule has 140 valence electrons. The molecular formula is C19H19N3O4S. The Morgan fingerprint density at radius 1 is 1.30 bits per heavy atom. The van der Waals surface area contributed by atoms with Gasteiger partial charge in [0.25, 0.3) is 11.6 Å². The van der Waals surface area contributed by atoms with Gasteiger partial charge in [0, 0.05) is 30.3 Å².